The van der Waals surface area contributed by atoms with Gasteiger partial charge < -0.3 is 5.32 Å². The van der Waals surface area contributed by atoms with Gasteiger partial charge in [0.2, 0.25) is 0 Å². The number of halogens is 2. The molecule has 4 nitrogen and oxygen atoms in total. The zero-order valence-electron chi connectivity index (χ0n) is 9.23. The van der Waals surface area contributed by atoms with Gasteiger partial charge in [0.15, 0.2) is 0 Å². The van der Waals surface area contributed by atoms with Crippen molar-refractivity contribution in [2.75, 3.05) is 5.32 Å². The van der Waals surface area contributed by atoms with Gasteiger partial charge in [-0.3, -0.25) is 4.79 Å². The highest BCUT2D eigenvalue weighted by Crippen LogP contribution is 2.12. The summed E-state index contributed by atoms with van der Waals surface area (Å²) in [5, 5.41) is 2.91. The van der Waals surface area contributed by atoms with Crippen molar-refractivity contribution < 1.29 is 4.79 Å². The molecule has 0 unspecified atom stereocenters. The molecule has 0 saturated heterocycles. The van der Waals surface area contributed by atoms with Crippen LogP contribution in [0.5, 0.6) is 0 Å². The standard InChI is InChI=1S/C12H9Cl2N3O/c13-6-8-2-1-3-9(4-8)12(18)17-11-5-10(14)15-7-16-11/h1-5,7H,6H2,(H,15,16,17,18). The minimum atomic E-state index is -0.267. The molecular formula is C12H9Cl2N3O. The fraction of sp³-hybridized carbons (Fsp3) is 0.0833. The summed E-state index contributed by atoms with van der Waals surface area (Å²) in [6.45, 7) is 0. The fourth-order valence-corrected chi connectivity index (χ4v) is 1.70. The summed E-state index contributed by atoms with van der Waals surface area (Å²) in [7, 11) is 0. The van der Waals surface area contributed by atoms with Crippen molar-refractivity contribution in [3.8, 4) is 0 Å². The van der Waals surface area contributed by atoms with Crippen LogP contribution in [0.1, 0.15) is 15.9 Å². The molecule has 0 bridgehead atoms. The van der Waals surface area contributed by atoms with E-state index in [2.05, 4.69) is 15.3 Å². The number of anilines is 1. The Hall–Kier alpha value is -1.65. The molecule has 1 N–H and O–H groups in total. The van der Waals surface area contributed by atoms with Crippen LogP contribution in [0.25, 0.3) is 0 Å². The number of rotatable bonds is 3. The number of carbonyl (C=O) groups is 1. The molecule has 0 atom stereocenters. The first-order valence-electron chi connectivity index (χ1n) is 5.13. The third kappa shape index (κ3) is 3.18. The average Bonchev–Trinajstić information content (AvgIpc) is 2.39. The molecule has 0 aliphatic carbocycles. The second-order valence-corrected chi connectivity index (χ2v) is 4.17. The summed E-state index contributed by atoms with van der Waals surface area (Å²) in [5.74, 6) is 0.452. The van der Waals surface area contributed by atoms with E-state index in [9.17, 15) is 4.79 Å². The largest absolute Gasteiger partial charge is 0.306 e. The Balaban J connectivity index is 2.16. The quantitative estimate of drug-likeness (QED) is 0.695. The van der Waals surface area contributed by atoms with E-state index in [0.29, 0.717) is 17.3 Å². The molecular weight excluding hydrogens is 273 g/mol. The lowest BCUT2D eigenvalue weighted by atomic mass is 10.1. The number of carbonyl (C=O) groups excluding carboxylic acids is 1. The predicted molar refractivity (Wildman–Crippen MR) is 71.0 cm³/mol. The zero-order valence-corrected chi connectivity index (χ0v) is 10.7. The Morgan fingerprint density at radius 2 is 2.11 bits per heavy atom. The Morgan fingerprint density at radius 3 is 2.83 bits per heavy atom. The third-order valence-corrected chi connectivity index (χ3v) is 2.73. The Kier molecular flexibility index (Phi) is 4.12. The Labute approximate surface area is 114 Å². The number of benzene rings is 1. The van der Waals surface area contributed by atoms with E-state index in [1.807, 2.05) is 6.07 Å². The second kappa shape index (κ2) is 5.80. The summed E-state index contributed by atoms with van der Waals surface area (Å²) in [4.78, 5) is 19.6. The van der Waals surface area contributed by atoms with Crippen LogP contribution in [0.15, 0.2) is 36.7 Å². The summed E-state index contributed by atoms with van der Waals surface area (Å²) in [6.07, 6.45) is 1.28. The maximum Gasteiger partial charge on any atom is 0.256 e. The van der Waals surface area contributed by atoms with Crippen molar-refractivity contribution >= 4 is 34.9 Å². The van der Waals surface area contributed by atoms with Gasteiger partial charge in [-0.25, -0.2) is 9.97 Å². The molecule has 0 spiro atoms. The first kappa shape index (κ1) is 12.8. The highest BCUT2D eigenvalue weighted by molar-refractivity contribution is 6.29. The van der Waals surface area contributed by atoms with Crippen LogP contribution in [0, 0.1) is 0 Å². The minimum Gasteiger partial charge on any atom is -0.306 e. The second-order valence-electron chi connectivity index (χ2n) is 3.51. The molecule has 0 saturated carbocycles. The van der Waals surface area contributed by atoms with Crippen molar-refractivity contribution in [1.29, 1.82) is 0 Å². The van der Waals surface area contributed by atoms with Gasteiger partial charge in [-0.15, -0.1) is 11.6 Å². The number of hydrogen-bond acceptors (Lipinski definition) is 3. The van der Waals surface area contributed by atoms with Crippen LogP contribution in [-0.4, -0.2) is 15.9 Å². The monoisotopic (exact) mass is 281 g/mol. The van der Waals surface area contributed by atoms with Crippen molar-refractivity contribution in [1.82, 2.24) is 9.97 Å². The zero-order chi connectivity index (χ0) is 13.0. The molecule has 92 valence electrons. The Bertz CT molecular complexity index is 575. The van der Waals surface area contributed by atoms with Crippen LogP contribution in [0.4, 0.5) is 5.82 Å². The number of nitrogens with zero attached hydrogens (tertiary/aromatic N) is 2. The van der Waals surface area contributed by atoms with Gasteiger partial charge in [-0.1, -0.05) is 23.7 Å². The van der Waals surface area contributed by atoms with Gasteiger partial charge in [0.25, 0.3) is 5.91 Å². The molecule has 18 heavy (non-hydrogen) atoms. The van der Waals surface area contributed by atoms with Crippen molar-refractivity contribution in [2.45, 2.75) is 5.88 Å². The van der Waals surface area contributed by atoms with Gasteiger partial charge in [-0.05, 0) is 17.7 Å². The average molecular weight is 282 g/mol. The lowest BCUT2D eigenvalue weighted by molar-refractivity contribution is 0.102. The van der Waals surface area contributed by atoms with Crippen LogP contribution in [0.2, 0.25) is 5.15 Å². The molecule has 1 aromatic carbocycles. The molecule has 0 radical (unpaired) electrons. The van der Waals surface area contributed by atoms with Gasteiger partial charge in [0.05, 0.1) is 0 Å². The van der Waals surface area contributed by atoms with Gasteiger partial charge >= 0.3 is 0 Å². The molecule has 1 amide bonds. The summed E-state index contributed by atoms with van der Waals surface area (Å²) in [6, 6.07) is 8.54. The van der Waals surface area contributed by atoms with E-state index in [-0.39, 0.29) is 11.1 Å². The van der Waals surface area contributed by atoms with Crippen LogP contribution in [0.3, 0.4) is 0 Å². The Morgan fingerprint density at radius 1 is 1.28 bits per heavy atom. The maximum atomic E-state index is 11.9. The normalized spacial score (nSPS) is 10.1. The van der Waals surface area contributed by atoms with E-state index >= 15 is 0 Å². The number of aromatic nitrogens is 2. The maximum absolute atomic E-state index is 11.9. The summed E-state index contributed by atoms with van der Waals surface area (Å²) in [5.41, 5.74) is 1.40. The molecule has 2 rings (SSSR count). The molecule has 0 aliphatic heterocycles. The molecule has 0 fully saturated rings. The topological polar surface area (TPSA) is 54.9 Å². The van der Waals surface area contributed by atoms with Gasteiger partial charge in [-0.2, -0.15) is 0 Å². The van der Waals surface area contributed by atoms with Crippen LogP contribution in [-0.2, 0) is 5.88 Å². The van der Waals surface area contributed by atoms with Crippen LogP contribution >= 0.6 is 23.2 Å². The first-order chi connectivity index (χ1) is 8.69. The molecule has 1 aromatic heterocycles. The molecule has 6 heteroatoms. The third-order valence-electron chi connectivity index (χ3n) is 2.22. The SMILES string of the molecule is O=C(Nc1cc(Cl)ncn1)c1cccc(CCl)c1. The lowest BCUT2D eigenvalue weighted by Crippen LogP contribution is -2.13. The number of alkyl halides is 1. The number of amides is 1. The number of nitrogens with one attached hydrogen (secondary N) is 1. The molecule has 2 aromatic rings. The predicted octanol–water partition coefficient (Wildman–Crippen LogP) is 3.12. The minimum absolute atomic E-state index is 0.267. The van der Waals surface area contributed by atoms with E-state index in [0.717, 1.165) is 5.56 Å². The van der Waals surface area contributed by atoms with Crippen molar-refractivity contribution in [3.63, 3.8) is 0 Å². The first-order valence-corrected chi connectivity index (χ1v) is 6.04. The smallest absolute Gasteiger partial charge is 0.256 e. The highest BCUT2D eigenvalue weighted by atomic mass is 35.5. The van der Waals surface area contributed by atoms with Crippen molar-refractivity contribution in [2.24, 2.45) is 0 Å². The lowest BCUT2D eigenvalue weighted by Gasteiger charge is -2.05. The molecule has 0 aliphatic rings. The fourth-order valence-electron chi connectivity index (χ4n) is 1.39. The van der Waals surface area contributed by atoms with Crippen LogP contribution < -0.4 is 5.32 Å². The van der Waals surface area contributed by atoms with E-state index in [4.69, 9.17) is 23.2 Å². The summed E-state index contributed by atoms with van der Waals surface area (Å²) < 4.78 is 0. The van der Waals surface area contributed by atoms with Crippen molar-refractivity contribution in [3.05, 3.63) is 52.9 Å². The highest BCUT2D eigenvalue weighted by Gasteiger charge is 2.07. The van der Waals surface area contributed by atoms with Gasteiger partial charge in [0.1, 0.15) is 17.3 Å². The summed E-state index contributed by atoms with van der Waals surface area (Å²) >= 11 is 11.4. The van der Waals surface area contributed by atoms with E-state index in [1.54, 1.807) is 18.2 Å². The number of hydrogen-bond donors (Lipinski definition) is 1. The van der Waals surface area contributed by atoms with Gasteiger partial charge in [0, 0.05) is 17.5 Å². The van der Waals surface area contributed by atoms with E-state index in [1.165, 1.54) is 12.4 Å². The molecule has 1 heterocycles. The van der Waals surface area contributed by atoms with E-state index < -0.39 is 0 Å².